The Bertz CT molecular complexity index is 428. The van der Waals surface area contributed by atoms with E-state index in [-0.39, 0.29) is 17.9 Å². The summed E-state index contributed by atoms with van der Waals surface area (Å²) >= 11 is 1.39. The first kappa shape index (κ1) is 14.7. The van der Waals surface area contributed by atoms with Gasteiger partial charge in [-0.2, -0.15) is 0 Å². The normalized spacial score (nSPS) is 13.8. The second kappa shape index (κ2) is 6.54. The van der Waals surface area contributed by atoms with Crippen LogP contribution in [0.2, 0.25) is 0 Å². The first-order valence-corrected chi connectivity index (χ1v) is 6.99. The van der Waals surface area contributed by atoms with Crippen LogP contribution in [0.1, 0.15) is 42.4 Å². The van der Waals surface area contributed by atoms with Crippen molar-refractivity contribution in [2.75, 3.05) is 0 Å². The highest BCUT2D eigenvalue weighted by Gasteiger charge is 2.19. The summed E-state index contributed by atoms with van der Waals surface area (Å²) in [6.45, 7) is 7.52. The summed E-state index contributed by atoms with van der Waals surface area (Å²) in [5, 5.41) is 7.43. The minimum absolute atomic E-state index is 0.125. The molecule has 1 heterocycles. The van der Waals surface area contributed by atoms with E-state index in [0.29, 0.717) is 4.88 Å². The molecule has 1 aromatic heterocycles. The van der Waals surface area contributed by atoms with E-state index >= 15 is 0 Å². The van der Waals surface area contributed by atoms with Crippen molar-refractivity contribution in [1.29, 1.82) is 0 Å². The predicted molar refractivity (Wildman–Crippen MR) is 73.9 cm³/mol. The molecule has 1 aromatic rings. The Morgan fingerprint density at radius 2 is 2.00 bits per heavy atom. The fourth-order valence-electron chi connectivity index (χ4n) is 1.40. The molecule has 0 radical (unpaired) electrons. The quantitative estimate of drug-likeness (QED) is 0.859. The van der Waals surface area contributed by atoms with Crippen LogP contribution in [0.25, 0.3) is 0 Å². The maximum Gasteiger partial charge on any atom is 0.262 e. The number of rotatable bonds is 5. The van der Waals surface area contributed by atoms with Crippen LogP contribution in [0.3, 0.4) is 0 Å². The highest BCUT2D eigenvalue weighted by molar-refractivity contribution is 7.12. The minimum atomic E-state index is -0.520. The molecule has 2 amide bonds. The van der Waals surface area contributed by atoms with Gasteiger partial charge in [0, 0.05) is 6.04 Å². The summed E-state index contributed by atoms with van der Waals surface area (Å²) in [6.07, 6.45) is 0.871. The zero-order chi connectivity index (χ0) is 13.7. The number of hydrogen-bond acceptors (Lipinski definition) is 3. The third kappa shape index (κ3) is 3.84. The molecule has 100 valence electrons. The van der Waals surface area contributed by atoms with E-state index in [0.717, 1.165) is 12.0 Å². The smallest absolute Gasteiger partial charge is 0.262 e. The van der Waals surface area contributed by atoms with Crippen LogP contribution < -0.4 is 10.6 Å². The number of hydrogen-bond donors (Lipinski definition) is 2. The van der Waals surface area contributed by atoms with Gasteiger partial charge in [0.1, 0.15) is 6.04 Å². The first-order valence-electron chi connectivity index (χ1n) is 6.11. The van der Waals surface area contributed by atoms with Crippen molar-refractivity contribution < 1.29 is 9.59 Å². The molecule has 0 aromatic carbocycles. The summed E-state index contributed by atoms with van der Waals surface area (Å²) < 4.78 is 0. The SMILES string of the molecule is CC[C@@H](C)NC(=O)[C@H](C)NC(=O)c1sccc1C. The fraction of sp³-hybridized carbons (Fsp3) is 0.538. The van der Waals surface area contributed by atoms with E-state index < -0.39 is 6.04 Å². The van der Waals surface area contributed by atoms with Gasteiger partial charge in [-0.05, 0) is 44.2 Å². The average Bonchev–Trinajstić information content (AvgIpc) is 2.75. The van der Waals surface area contributed by atoms with E-state index in [1.54, 1.807) is 6.92 Å². The van der Waals surface area contributed by atoms with Crippen molar-refractivity contribution in [3.8, 4) is 0 Å². The maximum absolute atomic E-state index is 11.9. The van der Waals surface area contributed by atoms with Crippen LogP contribution in [0.5, 0.6) is 0 Å². The number of amides is 2. The minimum Gasteiger partial charge on any atom is -0.352 e. The molecular formula is C13H20N2O2S. The third-order valence-corrected chi connectivity index (χ3v) is 3.83. The first-order chi connectivity index (χ1) is 8.45. The van der Waals surface area contributed by atoms with Crippen LogP contribution in [0, 0.1) is 6.92 Å². The Labute approximate surface area is 112 Å². The van der Waals surface area contributed by atoms with Crippen molar-refractivity contribution in [2.24, 2.45) is 0 Å². The topological polar surface area (TPSA) is 58.2 Å². The molecule has 2 N–H and O–H groups in total. The molecule has 0 bridgehead atoms. The van der Waals surface area contributed by atoms with Crippen molar-refractivity contribution in [3.63, 3.8) is 0 Å². The summed E-state index contributed by atoms with van der Waals surface area (Å²) in [5.41, 5.74) is 0.937. The number of carbonyl (C=O) groups is 2. The van der Waals surface area contributed by atoms with Gasteiger partial charge in [0.2, 0.25) is 5.91 Å². The zero-order valence-electron chi connectivity index (χ0n) is 11.2. The molecule has 0 aliphatic rings. The van der Waals surface area contributed by atoms with Crippen LogP contribution in [0.4, 0.5) is 0 Å². The number of nitrogens with one attached hydrogen (secondary N) is 2. The lowest BCUT2D eigenvalue weighted by molar-refractivity contribution is -0.123. The molecule has 0 aliphatic carbocycles. The Hall–Kier alpha value is -1.36. The molecule has 0 fully saturated rings. The monoisotopic (exact) mass is 268 g/mol. The van der Waals surface area contributed by atoms with Gasteiger partial charge in [-0.25, -0.2) is 0 Å². The number of carbonyl (C=O) groups excluding carboxylic acids is 2. The lowest BCUT2D eigenvalue weighted by atomic mass is 10.2. The summed E-state index contributed by atoms with van der Waals surface area (Å²) in [6, 6.07) is 1.50. The summed E-state index contributed by atoms with van der Waals surface area (Å²) in [5.74, 6) is -0.332. The second-order valence-electron chi connectivity index (χ2n) is 4.45. The van der Waals surface area contributed by atoms with Crippen molar-refractivity contribution in [3.05, 3.63) is 21.9 Å². The molecule has 0 aliphatic heterocycles. The van der Waals surface area contributed by atoms with E-state index in [1.165, 1.54) is 11.3 Å². The zero-order valence-corrected chi connectivity index (χ0v) is 12.1. The molecule has 4 nitrogen and oxygen atoms in total. The van der Waals surface area contributed by atoms with Gasteiger partial charge in [0.15, 0.2) is 0 Å². The standard InChI is InChI=1S/C13H20N2O2S/c1-5-9(3)14-12(16)10(4)15-13(17)11-8(2)6-7-18-11/h6-7,9-10H,5H2,1-4H3,(H,14,16)(H,15,17)/t9-,10+/m1/s1. The van der Waals surface area contributed by atoms with Gasteiger partial charge in [-0.3, -0.25) is 9.59 Å². The maximum atomic E-state index is 11.9. The summed E-state index contributed by atoms with van der Waals surface area (Å²) in [7, 11) is 0. The van der Waals surface area contributed by atoms with E-state index in [2.05, 4.69) is 10.6 Å². The molecule has 0 saturated heterocycles. The lowest BCUT2D eigenvalue weighted by Crippen LogP contribution is -2.47. The van der Waals surface area contributed by atoms with Gasteiger partial charge in [0.25, 0.3) is 5.91 Å². The highest BCUT2D eigenvalue weighted by atomic mass is 32.1. The van der Waals surface area contributed by atoms with Crippen LogP contribution in [-0.2, 0) is 4.79 Å². The Morgan fingerprint density at radius 3 is 2.50 bits per heavy atom. The molecular weight excluding hydrogens is 248 g/mol. The van der Waals surface area contributed by atoms with Crippen molar-refractivity contribution in [2.45, 2.75) is 46.2 Å². The van der Waals surface area contributed by atoms with E-state index in [9.17, 15) is 9.59 Å². The molecule has 1 rings (SSSR count). The summed E-state index contributed by atoms with van der Waals surface area (Å²) in [4.78, 5) is 24.4. The molecule has 0 spiro atoms. The van der Waals surface area contributed by atoms with Crippen molar-refractivity contribution >= 4 is 23.2 Å². The van der Waals surface area contributed by atoms with Crippen LogP contribution >= 0.6 is 11.3 Å². The number of thiophene rings is 1. The van der Waals surface area contributed by atoms with Gasteiger partial charge in [0.05, 0.1) is 4.88 Å². The Morgan fingerprint density at radius 1 is 1.33 bits per heavy atom. The molecule has 0 unspecified atom stereocenters. The molecule has 5 heteroatoms. The van der Waals surface area contributed by atoms with E-state index in [1.807, 2.05) is 32.2 Å². The fourth-order valence-corrected chi connectivity index (χ4v) is 2.23. The highest BCUT2D eigenvalue weighted by Crippen LogP contribution is 2.15. The lowest BCUT2D eigenvalue weighted by Gasteiger charge is -2.17. The molecule has 2 atom stereocenters. The molecule has 0 saturated carbocycles. The second-order valence-corrected chi connectivity index (χ2v) is 5.36. The van der Waals surface area contributed by atoms with Gasteiger partial charge >= 0.3 is 0 Å². The van der Waals surface area contributed by atoms with Gasteiger partial charge in [-0.15, -0.1) is 11.3 Å². The Balaban J connectivity index is 2.55. The predicted octanol–water partition coefficient (Wildman–Crippen LogP) is 2.09. The van der Waals surface area contributed by atoms with Crippen LogP contribution in [-0.4, -0.2) is 23.9 Å². The van der Waals surface area contributed by atoms with Gasteiger partial charge in [-0.1, -0.05) is 6.92 Å². The van der Waals surface area contributed by atoms with Gasteiger partial charge < -0.3 is 10.6 Å². The van der Waals surface area contributed by atoms with Crippen LogP contribution in [0.15, 0.2) is 11.4 Å². The van der Waals surface area contributed by atoms with E-state index in [4.69, 9.17) is 0 Å². The average molecular weight is 268 g/mol. The largest absolute Gasteiger partial charge is 0.352 e. The molecule has 18 heavy (non-hydrogen) atoms. The Kier molecular flexibility index (Phi) is 5.34. The third-order valence-electron chi connectivity index (χ3n) is 2.81. The number of aryl methyl sites for hydroxylation is 1. The van der Waals surface area contributed by atoms with Crippen molar-refractivity contribution in [1.82, 2.24) is 10.6 Å².